The number of halogens is 7. The van der Waals surface area contributed by atoms with E-state index in [0.29, 0.717) is 0 Å². The normalized spacial score (nSPS) is 22.5. The van der Waals surface area contributed by atoms with Crippen molar-refractivity contribution in [1.82, 2.24) is 0 Å². The molecule has 9 heteroatoms. The molecule has 1 aliphatic carbocycles. The standard InChI is InChI=1S/C15H11Cl2F5O2/c1-15(2)7(6(17)3-16)8(15)14(23)24-4-5-9(18)11(20)13(22)12(21)10(5)19/h3,7-8H,4H2,1-2H3/b6-3-. The van der Waals surface area contributed by atoms with Gasteiger partial charge in [0.1, 0.15) is 6.61 Å². The first-order valence-corrected chi connectivity index (χ1v) is 7.49. The zero-order chi connectivity index (χ0) is 18.4. The van der Waals surface area contributed by atoms with Crippen LogP contribution in [0.3, 0.4) is 0 Å². The summed E-state index contributed by atoms with van der Waals surface area (Å²) in [7, 11) is 0. The zero-order valence-electron chi connectivity index (χ0n) is 12.4. The second-order valence-corrected chi connectivity index (χ2v) is 6.58. The van der Waals surface area contributed by atoms with Gasteiger partial charge in [0.25, 0.3) is 0 Å². The molecular formula is C15H11Cl2F5O2. The number of hydrogen-bond acceptors (Lipinski definition) is 2. The average molecular weight is 389 g/mol. The third-order valence-electron chi connectivity index (χ3n) is 4.14. The maximum atomic E-state index is 13.5. The third-order valence-corrected chi connectivity index (χ3v) is 4.83. The smallest absolute Gasteiger partial charge is 0.310 e. The first-order chi connectivity index (χ1) is 11.1. The van der Waals surface area contributed by atoms with E-state index in [4.69, 9.17) is 27.9 Å². The fraction of sp³-hybridized carbons (Fsp3) is 0.400. The Morgan fingerprint density at radius 1 is 1.04 bits per heavy atom. The fourth-order valence-electron chi connectivity index (χ4n) is 2.67. The van der Waals surface area contributed by atoms with E-state index >= 15 is 0 Å². The lowest BCUT2D eigenvalue weighted by Gasteiger charge is -2.09. The zero-order valence-corrected chi connectivity index (χ0v) is 13.9. The molecule has 0 saturated heterocycles. The summed E-state index contributed by atoms with van der Waals surface area (Å²) >= 11 is 11.4. The topological polar surface area (TPSA) is 26.3 Å². The van der Waals surface area contributed by atoms with Crippen molar-refractivity contribution in [3.8, 4) is 0 Å². The molecular weight excluding hydrogens is 378 g/mol. The van der Waals surface area contributed by atoms with E-state index in [2.05, 4.69) is 0 Å². The van der Waals surface area contributed by atoms with Crippen molar-refractivity contribution in [3.05, 3.63) is 45.2 Å². The molecule has 1 saturated carbocycles. The highest BCUT2D eigenvalue weighted by atomic mass is 35.5. The van der Waals surface area contributed by atoms with Gasteiger partial charge in [0, 0.05) is 16.5 Å². The predicted molar refractivity (Wildman–Crippen MR) is 76.6 cm³/mol. The van der Waals surface area contributed by atoms with Crippen LogP contribution < -0.4 is 0 Å². The summed E-state index contributed by atoms with van der Waals surface area (Å²) in [6, 6.07) is 0. The summed E-state index contributed by atoms with van der Waals surface area (Å²) in [5, 5.41) is 0.208. The molecule has 0 heterocycles. The first-order valence-electron chi connectivity index (χ1n) is 6.68. The van der Waals surface area contributed by atoms with Gasteiger partial charge in [-0.3, -0.25) is 4.79 Å². The minimum Gasteiger partial charge on any atom is -0.460 e. The Morgan fingerprint density at radius 2 is 1.50 bits per heavy atom. The maximum absolute atomic E-state index is 13.5. The number of rotatable bonds is 4. The Balaban J connectivity index is 2.17. The van der Waals surface area contributed by atoms with Crippen molar-refractivity contribution in [2.75, 3.05) is 0 Å². The molecule has 0 N–H and O–H groups in total. The Morgan fingerprint density at radius 3 is 1.96 bits per heavy atom. The molecule has 2 atom stereocenters. The highest BCUT2D eigenvalue weighted by Crippen LogP contribution is 2.63. The van der Waals surface area contributed by atoms with Crippen LogP contribution in [0.2, 0.25) is 0 Å². The highest BCUT2D eigenvalue weighted by Gasteiger charge is 2.64. The van der Waals surface area contributed by atoms with Gasteiger partial charge in [0.2, 0.25) is 5.82 Å². The van der Waals surface area contributed by atoms with E-state index in [9.17, 15) is 26.7 Å². The van der Waals surface area contributed by atoms with Crippen LogP contribution in [0.15, 0.2) is 10.6 Å². The molecule has 0 radical (unpaired) electrons. The van der Waals surface area contributed by atoms with E-state index < -0.39 is 64.5 Å². The maximum Gasteiger partial charge on any atom is 0.310 e. The summed E-state index contributed by atoms with van der Waals surface area (Å²) in [6.07, 6.45) is 0. The van der Waals surface area contributed by atoms with Crippen molar-refractivity contribution in [2.45, 2.75) is 20.5 Å². The van der Waals surface area contributed by atoms with Gasteiger partial charge < -0.3 is 4.74 Å². The SMILES string of the molecule is CC1(C)C(C(=O)OCc2c(F)c(F)c(F)c(F)c2F)C1/C(Cl)=C/Cl. The highest BCUT2D eigenvalue weighted by molar-refractivity contribution is 6.37. The van der Waals surface area contributed by atoms with Crippen LogP contribution in [0, 0.1) is 46.3 Å². The van der Waals surface area contributed by atoms with Gasteiger partial charge >= 0.3 is 5.97 Å². The number of hydrogen-bond donors (Lipinski definition) is 0. The summed E-state index contributed by atoms with van der Waals surface area (Å²) in [5.74, 6) is -12.6. The average Bonchev–Trinajstić information content (AvgIpc) is 3.12. The summed E-state index contributed by atoms with van der Waals surface area (Å²) in [4.78, 5) is 12.0. The van der Waals surface area contributed by atoms with Crippen molar-refractivity contribution >= 4 is 29.2 Å². The lowest BCUT2D eigenvalue weighted by atomic mass is 10.1. The first kappa shape index (κ1) is 19.0. The second-order valence-electron chi connectivity index (χ2n) is 5.93. The molecule has 1 fully saturated rings. The van der Waals surface area contributed by atoms with Gasteiger partial charge in [-0.15, -0.1) is 0 Å². The molecule has 0 aliphatic heterocycles. The Hall–Kier alpha value is -1.34. The second kappa shape index (κ2) is 6.52. The molecule has 1 aromatic rings. The Bertz CT molecular complexity index is 704. The Labute approximate surface area is 144 Å². The monoisotopic (exact) mass is 388 g/mol. The van der Waals surface area contributed by atoms with Gasteiger partial charge in [-0.2, -0.15) is 0 Å². The molecule has 0 bridgehead atoms. The number of benzene rings is 1. The number of esters is 1. The minimum atomic E-state index is -2.28. The van der Waals surface area contributed by atoms with Gasteiger partial charge in [-0.25, -0.2) is 22.0 Å². The van der Waals surface area contributed by atoms with Gasteiger partial charge in [0.05, 0.1) is 11.5 Å². The molecule has 1 aromatic carbocycles. The molecule has 24 heavy (non-hydrogen) atoms. The van der Waals surface area contributed by atoms with Gasteiger partial charge in [-0.05, 0) is 5.41 Å². The quantitative estimate of drug-likeness (QED) is 0.313. The number of allylic oxidation sites excluding steroid dienone is 1. The van der Waals surface area contributed by atoms with Gasteiger partial charge in [0.15, 0.2) is 23.3 Å². The fourth-order valence-corrected chi connectivity index (χ4v) is 3.21. The minimum absolute atomic E-state index is 0.208. The van der Waals surface area contributed by atoms with Gasteiger partial charge in [-0.1, -0.05) is 37.0 Å². The van der Waals surface area contributed by atoms with E-state index in [1.165, 1.54) is 0 Å². The van der Waals surface area contributed by atoms with Crippen LogP contribution in [0.25, 0.3) is 0 Å². The predicted octanol–water partition coefficient (Wildman–Crippen LogP) is 5.02. The lowest BCUT2D eigenvalue weighted by Crippen LogP contribution is -2.14. The van der Waals surface area contributed by atoms with E-state index in [-0.39, 0.29) is 5.03 Å². The Kier molecular flexibility index (Phi) is 5.16. The summed E-state index contributed by atoms with van der Waals surface area (Å²) in [5.41, 5.74) is -0.727. The molecule has 0 aromatic heterocycles. The summed E-state index contributed by atoms with van der Waals surface area (Å²) < 4.78 is 70.9. The van der Waals surface area contributed by atoms with E-state index in [1.807, 2.05) is 0 Å². The van der Waals surface area contributed by atoms with Crippen molar-refractivity contribution < 1.29 is 31.5 Å². The number of ether oxygens (including phenoxy) is 1. The third kappa shape index (κ3) is 2.99. The molecule has 0 amide bonds. The van der Waals surface area contributed by atoms with Crippen LogP contribution in [0.5, 0.6) is 0 Å². The van der Waals surface area contributed by atoms with E-state index in [1.54, 1.807) is 13.8 Å². The largest absolute Gasteiger partial charge is 0.460 e. The van der Waals surface area contributed by atoms with Crippen molar-refractivity contribution in [3.63, 3.8) is 0 Å². The molecule has 0 spiro atoms. The van der Waals surface area contributed by atoms with Crippen molar-refractivity contribution in [1.29, 1.82) is 0 Å². The van der Waals surface area contributed by atoms with Crippen LogP contribution >= 0.6 is 23.2 Å². The molecule has 132 valence electrons. The van der Waals surface area contributed by atoms with Crippen LogP contribution in [0.4, 0.5) is 22.0 Å². The van der Waals surface area contributed by atoms with Crippen molar-refractivity contribution in [2.24, 2.45) is 17.3 Å². The lowest BCUT2D eigenvalue weighted by molar-refractivity contribution is -0.147. The molecule has 1 aliphatic rings. The van der Waals surface area contributed by atoms with E-state index in [0.717, 1.165) is 5.54 Å². The molecule has 2 nitrogen and oxygen atoms in total. The van der Waals surface area contributed by atoms with Crippen LogP contribution in [-0.2, 0) is 16.1 Å². The number of carbonyl (C=O) groups is 1. The number of carbonyl (C=O) groups excluding carboxylic acids is 1. The van der Waals surface area contributed by atoms with Crippen LogP contribution in [0.1, 0.15) is 19.4 Å². The molecule has 2 rings (SSSR count). The molecule has 2 unspecified atom stereocenters. The van der Waals surface area contributed by atoms with Crippen LogP contribution in [-0.4, -0.2) is 5.97 Å². The summed E-state index contributed by atoms with van der Waals surface area (Å²) in [6.45, 7) is 2.31.